The van der Waals surface area contributed by atoms with E-state index < -0.39 is 18.9 Å². The monoisotopic (exact) mass is 93.1 g/mol. The number of carboxylic acid groups (broad SMARTS) is 1. The molecule has 0 aliphatic carbocycles. The highest BCUT2D eigenvalue weighted by Gasteiger charge is 1.99. The molecule has 0 saturated heterocycles. The third kappa shape index (κ3) is 1.72. The lowest BCUT2D eigenvalue weighted by Crippen LogP contribution is -2.25. The predicted molar refractivity (Wildman–Crippen MR) is 21.3 cm³/mol. The first-order valence-corrected chi connectivity index (χ1v) is 1.34. The number of aliphatic carboxylic acids is 1. The number of carbonyl (C=O) groups is 1. The summed E-state index contributed by atoms with van der Waals surface area (Å²) >= 11 is 0. The second-order valence-corrected chi connectivity index (χ2v) is 0.816. The zero-order valence-corrected chi connectivity index (χ0v) is 3.01. The van der Waals surface area contributed by atoms with E-state index in [9.17, 15) is 4.79 Å². The summed E-state index contributed by atoms with van der Waals surface area (Å²) in [5.74, 6) is -1.50. The van der Waals surface area contributed by atoms with Crippen molar-refractivity contribution in [3.05, 3.63) is 0 Å². The van der Waals surface area contributed by atoms with Gasteiger partial charge < -0.3 is 10.8 Å². The normalized spacial score (nSPS) is 23.2. The molecule has 0 aromatic rings. The summed E-state index contributed by atoms with van der Waals surface area (Å²) in [5, 5.41) is 8.03. The number of hydrogen-bond acceptors (Lipinski definition) is 2. The molecule has 0 aromatic carbocycles. The van der Waals surface area contributed by atoms with Gasteiger partial charge in [-0.25, -0.2) is 0 Å². The molecule has 3 N–H and O–H groups in total. The van der Waals surface area contributed by atoms with Crippen LogP contribution in [-0.2, 0) is 4.79 Å². The van der Waals surface area contributed by atoms with Gasteiger partial charge >= 0.3 is 5.97 Å². The van der Waals surface area contributed by atoms with Crippen LogP contribution in [0.5, 0.6) is 0 Å². The van der Waals surface area contributed by atoms with Gasteiger partial charge in [-0.1, -0.05) is 0 Å². The SMILES string of the molecule is [2H][13C]([2H])([2H])C(N)C(=O)O. The minimum Gasteiger partial charge on any atom is -0.480 e. The van der Waals surface area contributed by atoms with Crippen LogP contribution >= 0.6 is 0 Å². The van der Waals surface area contributed by atoms with E-state index in [0.717, 1.165) is 0 Å². The van der Waals surface area contributed by atoms with Gasteiger partial charge in [0.05, 0.1) is 0 Å². The van der Waals surface area contributed by atoms with Crippen LogP contribution in [0.25, 0.3) is 0 Å². The molecule has 0 amide bonds. The van der Waals surface area contributed by atoms with Crippen molar-refractivity contribution >= 4 is 5.97 Å². The highest BCUT2D eigenvalue weighted by molar-refractivity contribution is 5.72. The Labute approximate surface area is 40.0 Å². The van der Waals surface area contributed by atoms with E-state index in [2.05, 4.69) is 0 Å². The second kappa shape index (κ2) is 1.77. The van der Waals surface area contributed by atoms with E-state index in [0.29, 0.717) is 0 Å². The maximum atomic E-state index is 9.86. The minimum atomic E-state index is -2.59. The summed E-state index contributed by atoms with van der Waals surface area (Å²) in [6.45, 7) is -2.59. The minimum absolute atomic E-state index is 1.50. The van der Waals surface area contributed by atoms with Crippen molar-refractivity contribution in [2.75, 3.05) is 0 Å². The number of nitrogens with two attached hydrogens (primary N) is 1. The fraction of sp³-hybridized carbons (Fsp3) is 0.667. The van der Waals surface area contributed by atoms with E-state index in [-0.39, 0.29) is 0 Å². The Morgan fingerprint density at radius 2 is 2.83 bits per heavy atom. The third-order valence-electron chi connectivity index (χ3n) is 0.266. The first-order valence-electron chi connectivity index (χ1n) is 2.84. The Morgan fingerprint density at radius 3 is 2.83 bits per heavy atom. The van der Waals surface area contributed by atoms with Gasteiger partial charge in [-0.15, -0.1) is 0 Å². The molecule has 0 aromatic heterocycles. The molecule has 0 aliphatic heterocycles. The van der Waals surface area contributed by atoms with Gasteiger partial charge in [0, 0.05) is 4.11 Å². The molecule has 0 aliphatic rings. The van der Waals surface area contributed by atoms with Gasteiger partial charge in [0.15, 0.2) is 0 Å². The molecule has 1 atom stereocenters. The van der Waals surface area contributed by atoms with Crippen LogP contribution < -0.4 is 5.73 Å². The molecular formula is C3H7NO2. The van der Waals surface area contributed by atoms with Crippen molar-refractivity contribution in [2.24, 2.45) is 5.73 Å². The first-order chi connectivity index (χ1) is 3.85. The zero-order valence-electron chi connectivity index (χ0n) is 6.01. The van der Waals surface area contributed by atoms with Crippen LogP contribution in [0, 0.1) is 0 Å². The van der Waals surface area contributed by atoms with Crippen molar-refractivity contribution in [3.63, 3.8) is 0 Å². The van der Waals surface area contributed by atoms with E-state index in [1.807, 2.05) is 0 Å². The van der Waals surface area contributed by atoms with E-state index in [1.165, 1.54) is 0 Å². The highest BCUT2D eigenvalue weighted by atomic mass is 16.4. The second-order valence-electron chi connectivity index (χ2n) is 0.816. The average molecular weight is 93.1 g/mol. The molecule has 36 valence electrons. The lowest BCUT2D eigenvalue weighted by atomic mass is 10.5. The summed E-state index contributed by atoms with van der Waals surface area (Å²) in [6, 6.07) is -1.77. The maximum Gasteiger partial charge on any atom is 0.320 e. The Bertz CT molecular complexity index is 121. The lowest BCUT2D eigenvalue weighted by molar-refractivity contribution is -0.138. The summed E-state index contributed by atoms with van der Waals surface area (Å²) in [4.78, 5) is 9.86. The summed E-state index contributed by atoms with van der Waals surface area (Å²) in [7, 11) is 0. The average Bonchev–Trinajstić information content (AvgIpc) is 1.62. The van der Waals surface area contributed by atoms with Crippen LogP contribution in [0.4, 0.5) is 0 Å². The molecule has 0 rings (SSSR count). The van der Waals surface area contributed by atoms with Crippen molar-refractivity contribution < 1.29 is 14.0 Å². The maximum absolute atomic E-state index is 9.86. The molecule has 1 unspecified atom stereocenters. The Morgan fingerprint density at radius 1 is 2.33 bits per heavy atom. The Balaban J connectivity index is 4.04. The van der Waals surface area contributed by atoms with Crippen LogP contribution in [0.3, 0.4) is 0 Å². The van der Waals surface area contributed by atoms with Crippen molar-refractivity contribution in [1.29, 1.82) is 0 Å². The largest absolute Gasteiger partial charge is 0.480 e. The van der Waals surface area contributed by atoms with Crippen molar-refractivity contribution in [3.8, 4) is 0 Å². The first kappa shape index (κ1) is 1.93. The molecule has 0 spiro atoms. The molecule has 0 heterocycles. The Hall–Kier alpha value is -0.570. The van der Waals surface area contributed by atoms with Gasteiger partial charge in [0.25, 0.3) is 0 Å². The van der Waals surface area contributed by atoms with Gasteiger partial charge in [-0.3, -0.25) is 4.79 Å². The molecule has 6 heavy (non-hydrogen) atoms. The fourth-order valence-corrected chi connectivity index (χ4v) is 0. The zero-order chi connectivity index (χ0) is 7.65. The number of carboxylic acids is 1. The number of hydrogen-bond donors (Lipinski definition) is 2. The van der Waals surface area contributed by atoms with Gasteiger partial charge in [0.1, 0.15) is 6.04 Å². The fourth-order valence-electron chi connectivity index (χ4n) is 0. The quantitative estimate of drug-likeness (QED) is 0.426. The third-order valence-corrected chi connectivity index (χ3v) is 0.266. The summed E-state index contributed by atoms with van der Waals surface area (Å²) in [6.07, 6.45) is 0. The van der Waals surface area contributed by atoms with Crippen LogP contribution in [0.2, 0.25) is 0 Å². The van der Waals surface area contributed by atoms with Crippen molar-refractivity contribution in [1.82, 2.24) is 0 Å². The van der Waals surface area contributed by atoms with Crippen LogP contribution in [0.1, 0.15) is 11.0 Å². The molecule has 3 nitrogen and oxygen atoms in total. The molecule has 3 heteroatoms. The summed E-state index contributed by atoms with van der Waals surface area (Å²) in [5.41, 5.74) is 4.73. The van der Waals surface area contributed by atoms with Crippen LogP contribution in [0.15, 0.2) is 0 Å². The standard InChI is InChI=1S/C3H7NO2/c1-2(4)3(5)6/h2H,4H2,1H3,(H,5,6)/i1+1D3. The predicted octanol–water partition coefficient (Wildman–Crippen LogP) is -0.582. The molecule has 0 radical (unpaired) electrons. The topological polar surface area (TPSA) is 63.3 Å². The smallest absolute Gasteiger partial charge is 0.320 e. The molecule has 0 fully saturated rings. The lowest BCUT2D eigenvalue weighted by Gasteiger charge is -1.90. The summed E-state index contributed by atoms with van der Waals surface area (Å²) < 4.78 is 19.5. The Kier molecular flexibility index (Phi) is 0.569. The van der Waals surface area contributed by atoms with E-state index in [4.69, 9.17) is 15.0 Å². The van der Waals surface area contributed by atoms with E-state index >= 15 is 0 Å². The van der Waals surface area contributed by atoms with Crippen LogP contribution in [-0.4, -0.2) is 17.1 Å². The van der Waals surface area contributed by atoms with Gasteiger partial charge in [-0.05, 0) is 6.85 Å². The number of rotatable bonds is 1. The molecule has 0 bridgehead atoms. The van der Waals surface area contributed by atoms with Gasteiger partial charge in [0.2, 0.25) is 0 Å². The molecular weight excluding hydrogens is 83.0 g/mol. The highest BCUT2D eigenvalue weighted by Crippen LogP contribution is 1.68. The van der Waals surface area contributed by atoms with Crippen molar-refractivity contribution in [2.45, 2.75) is 12.9 Å². The molecule has 0 saturated carbocycles. The van der Waals surface area contributed by atoms with E-state index in [1.54, 1.807) is 0 Å². The van der Waals surface area contributed by atoms with Gasteiger partial charge in [-0.2, -0.15) is 0 Å².